The van der Waals surface area contributed by atoms with Gasteiger partial charge in [0.25, 0.3) is 5.78 Å². The van der Waals surface area contributed by atoms with Gasteiger partial charge in [-0.25, -0.2) is 9.78 Å². The normalized spacial score (nSPS) is 16.5. The Hall–Kier alpha value is -3.66. The topological polar surface area (TPSA) is 106 Å². The highest BCUT2D eigenvalue weighted by Crippen LogP contribution is 2.45. The monoisotopic (exact) mass is 572 g/mol. The van der Waals surface area contributed by atoms with E-state index in [4.69, 9.17) is 32.7 Å². The van der Waals surface area contributed by atoms with Gasteiger partial charge in [0.05, 0.1) is 34.0 Å². The lowest BCUT2D eigenvalue weighted by atomic mass is 9.95. The van der Waals surface area contributed by atoms with E-state index in [-0.39, 0.29) is 37.8 Å². The maximum absolute atomic E-state index is 13.4. The van der Waals surface area contributed by atoms with Crippen molar-refractivity contribution in [1.82, 2.24) is 4.98 Å². The number of Topliss-reactive ketones (excluding diaryl/α,β-unsaturated/α-hetero) is 1. The number of benzene rings is 2. The summed E-state index contributed by atoms with van der Waals surface area (Å²) in [6.07, 6.45) is 1.43. The average Bonchev–Trinajstić information content (AvgIpc) is 3.40. The van der Waals surface area contributed by atoms with Crippen LogP contribution in [0, 0.1) is 6.92 Å². The van der Waals surface area contributed by atoms with Crippen molar-refractivity contribution in [3.8, 4) is 5.75 Å². The van der Waals surface area contributed by atoms with Crippen LogP contribution in [0.25, 0.3) is 5.76 Å². The van der Waals surface area contributed by atoms with Crippen molar-refractivity contribution in [1.29, 1.82) is 0 Å². The minimum atomic E-state index is -1.11. The number of thiazole rings is 1. The predicted octanol–water partition coefficient (Wildman–Crippen LogP) is 6.13. The molecule has 1 aliphatic heterocycles. The molecule has 196 valence electrons. The zero-order valence-corrected chi connectivity index (χ0v) is 22.7. The first kappa shape index (κ1) is 27.4. The number of nitrogens with zero attached hydrogens (tertiary/aromatic N) is 2. The minimum Gasteiger partial charge on any atom is -0.507 e. The molecule has 0 bridgehead atoms. The summed E-state index contributed by atoms with van der Waals surface area (Å²) >= 11 is 13.3. The number of halogens is 2. The minimum absolute atomic E-state index is 0.000103. The molecule has 1 unspecified atom stereocenters. The number of ketones is 1. The van der Waals surface area contributed by atoms with Gasteiger partial charge in [0, 0.05) is 5.56 Å². The summed E-state index contributed by atoms with van der Waals surface area (Å²) in [5.74, 6) is -2.41. The molecule has 11 heteroatoms. The van der Waals surface area contributed by atoms with Crippen molar-refractivity contribution in [3.05, 3.63) is 92.4 Å². The van der Waals surface area contributed by atoms with E-state index in [1.54, 1.807) is 37.3 Å². The highest BCUT2D eigenvalue weighted by molar-refractivity contribution is 7.17. The Morgan fingerprint density at radius 3 is 2.66 bits per heavy atom. The van der Waals surface area contributed by atoms with Gasteiger partial charge >= 0.3 is 11.9 Å². The lowest BCUT2D eigenvalue weighted by molar-refractivity contribution is -0.132. The van der Waals surface area contributed by atoms with Crippen molar-refractivity contribution in [2.75, 3.05) is 18.1 Å². The lowest BCUT2D eigenvalue weighted by Crippen LogP contribution is -2.29. The zero-order chi connectivity index (χ0) is 27.6. The number of carbonyl (C=O) groups excluding carboxylic acids is 3. The summed E-state index contributed by atoms with van der Waals surface area (Å²) in [7, 11) is 0. The van der Waals surface area contributed by atoms with Crippen LogP contribution >= 0.6 is 34.5 Å². The molecule has 0 radical (unpaired) electrons. The number of hydrogen-bond acceptors (Lipinski definition) is 8. The van der Waals surface area contributed by atoms with E-state index in [1.807, 2.05) is 6.92 Å². The Bertz CT molecular complexity index is 1480. The smallest absolute Gasteiger partial charge is 0.350 e. The average molecular weight is 573 g/mol. The van der Waals surface area contributed by atoms with E-state index in [9.17, 15) is 19.5 Å². The van der Waals surface area contributed by atoms with Crippen LogP contribution in [-0.2, 0) is 14.3 Å². The molecular weight excluding hydrogens is 551 g/mol. The van der Waals surface area contributed by atoms with E-state index in [1.165, 1.54) is 18.2 Å². The number of aliphatic hydroxyl groups excluding tert-OH is 1. The predicted molar refractivity (Wildman–Crippen MR) is 146 cm³/mol. The maximum Gasteiger partial charge on any atom is 0.350 e. The molecule has 2 aromatic carbocycles. The second-order valence-electron chi connectivity index (χ2n) is 8.10. The molecule has 1 N–H and O–H groups in total. The van der Waals surface area contributed by atoms with Gasteiger partial charge in [-0.1, -0.05) is 65.4 Å². The fraction of sp³-hybridized carbons (Fsp3) is 0.185. The summed E-state index contributed by atoms with van der Waals surface area (Å²) in [4.78, 5) is 45.0. The molecule has 38 heavy (non-hydrogen) atoms. The summed E-state index contributed by atoms with van der Waals surface area (Å²) < 4.78 is 10.6. The van der Waals surface area contributed by atoms with E-state index in [0.29, 0.717) is 23.6 Å². The third kappa shape index (κ3) is 5.18. The van der Waals surface area contributed by atoms with Gasteiger partial charge in [0.15, 0.2) is 5.13 Å². The fourth-order valence-corrected chi connectivity index (χ4v) is 5.25. The first-order valence-corrected chi connectivity index (χ1v) is 13.0. The molecule has 0 aliphatic carbocycles. The third-order valence-corrected chi connectivity index (χ3v) is 7.51. The van der Waals surface area contributed by atoms with E-state index in [0.717, 1.165) is 16.2 Å². The van der Waals surface area contributed by atoms with Crippen LogP contribution in [0.15, 0.2) is 60.7 Å². The Morgan fingerprint density at radius 2 is 1.97 bits per heavy atom. The first-order valence-electron chi connectivity index (χ1n) is 11.4. The van der Waals surface area contributed by atoms with Crippen molar-refractivity contribution in [2.24, 2.45) is 0 Å². The molecule has 1 saturated heterocycles. The number of aliphatic hydroxyl groups is 1. The molecule has 2 heterocycles. The first-order chi connectivity index (χ1) is 18.2. The number of aryl methyl sites for hydroxylation is 1. The number of rotatable bonds is 8. The van der Waals surface area contributed by atoms with Gasteiger partial charge in [-0.2, -0.15) is 0 Å². The van der Waals surface area contributed by atoms with Crippen LogP contribution in [0.5, 0.6) is 5.75 Å². The number of aromatic nitrogens is 1. The molecule has 4 rings (SSSR count). The molecule has 1 amide bonds. The van der Waals surface area contributed by atoms with Gasteiger partial charge in [0.1, 0.15) is 23.0 Å². The summed E-state index contributed by atoms with van der Waals surface area (Å²) in [5, 5.41) is 11.9. The molecule has 0 saturated carbocycles. The van der Waals surface area contributed by atoms with Gasteiger partial charge in [-0.05, 0) is 43.7 Å². The molecule has 1 fully saturated rings. The molecule has 8 nitrogen and oxygen atoms in total. The second kappa shape index (κ2) is 11.4. The molecular formula is C27H22Cl2N2O6S. The fourth-order valence-electron chi connectivity index (χ4n) is 3.96. The van der Waals surface area contributed by atoms with Gasteiger partial charge in [-0.3, -0.25) is 14.5 Å². The summed E-state index contributed by atoms with van der Waals surface area (Å²) in [6.45, 7) is 7.33. The zero-order valence-electron chi connectivity index (χ0n) is 20.4. The van der Waals surface area contributed by atoms with Crippen molar-refractivity contribution in [2.45, 2.75) is 19.9 Å². The number of hydrogen-bond donors (Lipinski definition) is 1. The number of carbonyl (C=O) groups is 3. The highest BCUT2D eigenvalue weighted by atomic mass is 35.5. The van der Waals surface area contributed by atoms with Crippen LogP contribution in [-0.4, -0.2) is 41.0 Å². The molecule has 1 aromatic heterocycles. The van der Waals surface area contributed by atoms with E-state index >= 15 is 0 Å². The van der Waals surface area contributed by atoms with E-state index in [2.05, 4.69) is 11.6 Å². The SMILES string of the molecule is C=CCOC(=O)c1sc(N2C(=O)C(=O)C(=C(O)c3cccc(OCC)c3)C2c2ccc(Cl)c(Cl)c2)nc1C. The third-order valence-electron chi connectivity index (χ3n) is 5.63. The number of anilines is 1. The number of ether oxygens (including phenoxy) is 2. The van der Waals surface area contributed by atoms with Crippen LogP contribution in [0.1, 0.15) is 39.5 Å². The quantitative estimate of drug-likeness (QED) is 0.114. The Morgan fingerprint density at radius 1 is 1.21 bits per heavy atom. The van der Waals surface area contributed by atoms with E-state index < -0.39 is 29.5 Å². The summed E-state index contributed by atoms with van der Waals surface area (Å²) in [6, 6.07) is 10.1. The van der Waals surface area contributed by atoms with Crippen molar-refractivity contribution >= 4 is 63.1 Å². The van der Waals surface area contributed by atoms with Gasteiger partial charge < -0.3 is 14.6 Å². The largest absolute Gasteiger partial charge is 0.507 e. The van der Waals surface area contributed by atoms with Crippen LogP contribution < -0.4 is 9.64 Å². The molecule has 1 atom stereocenters. The number of esters is 1. The van der Waals surface area contributed by atoms with Crippen molar-refractivity contribution < 1.29 is 29.0 Å². The molecule has 0 spiro atoms. The molecule has 3 aromatic rings. The van der Waals surface area contributed by atoms with Crippen LogP contribution in [0.4, 0.5) is 5.13 Å². The van der Waals surface area contributed by atoms with Crippen LogP contribution in [0.2, 0.25) is 10.0 Å². The Labute approximate surface area is 232 Å². The number of amides is 1. The standard InChI is InChI=1S/C27H22Cl2N2O6S/c1-4-11-37-26(35)24-14(3)30-27(38-24)31-21(15-9-10-18(28)19(29)13-15)20(23(33)25(31)34)22(32)16-7-6-8-17(12-16)36-5-2/h4,6-10,12-13,21,32H,1,5,11H2,2-3H3. The van der Waals surface area contributed by atoms with Crippen LogP contribution in [0.3, 0.4) is 0 Å². The Balaban J connectivity index is 1.90. The van der Waals surface area contributed by atoms with Gasteiger partial charge in [-0.15, -0.1) is 0 Å². The van der Waals surface area contributed by atoms with Gasteiger partial charge in [0.2, 0.25) is 0 Å². The lowest BCUT2D eigenvalue weighted by Gasteiger charge is -2.23. The summed E-state index contributed by atoms with van der Waals surface area (Å²) in [5.41, 5.74) is 0.830. The Kier molecular flexibility index (Phi) is 8.20. The maximum atomic E-state index is 13.4. The highest BCUT2D eigenvalue weighted by Gasteiger charge is 2.48. The molecule has 1 aliphatic rings. The van der Waals surface area contributed by atoms with Crippen molar-refractivity contribution in [3.63, 3.8) is 0 Å². The second-order valence-corrected chi connectivity index (χ2v) is 9.89.